The van der Waals surface area contributed by atoms with Gasteiger partial charge in [0, 0.05) is 27.0 Å². The van der Waals surface area contributed by atoms with Gasteiger partial charge in [-0.2, -0.15) is 0 Å². The molecule has 4 atom stereocenters. The molecule has 0 aromatic heterocycles. The fraction of sp³-hybridized carbons (Fsp3) is 0.355. The van der Waals surface area contributed by atoms with Crippen molar-refractivity contribution in [1.82, 2.24) is 4.90 Å². The third-order valence-corrected chi connectivity index (χ3v) is 10.7. The predicted molar refractivity (Wildman–Crippen MR) is 160 cm³/mol. The lowest BCUT2D eigenvalue weighted by atomic mass is 9.67. The molecule has 3 aromatic carbocycles. The molecule has 3 aromatic rings. The van der Waals surface area contributed by atoms with Gasteiger partial charge in [0.15, 0.2) is 9.84 Å². The number of piperidine rings is 1. The third kappa shape index (κ3) is 6.43. The lowest BCUT2D eigenvalue weighted by Gasteiger charge is -2.52. The Balaban J connectivity index is 1.68. The van der Waals surface area contributed by atoms with Crippen molar-refractivity contribution in [1.29, 1.82) is 0 Å². The third-order valence-electron chi connectivity index (χ3n) is 8.22. The first kappa shape index (κ1) is 29.9. The van der Waals surface area contributed by atoms with Gasteiger partial charge in [0.25, 0.3) is 0 Å². The monoisotopic (exact) mass is 633 g/mol. The van der Waals surface area contributed by atoms with Crippen molar-refractivity contribution in [2.24, 2.45) is 11.3 Å². The van der Waals surface area contributed by atoms with E-state index >= 15 is 0 Å². The Kier molecular flexibility index (Phi) is 8.46. The molecule has 1 N–H and O–H groups in total. The maximum Gasteiger partial charge on any atom is 0.304 e. The molecule has 10 heteroatoms. The van der Waals surface area contributed by atoms with Crippen LogP contribution in [0.25, 0.3) is 0 Å². The number of benzene rings is 3. The van der Waals surface area contributed by atoms with Gasteiger partial charge in [-0.15, -0.1) is 0 Å². The number of sulfone groups is 1. The molecule has 1 saturated heterocycles. The molecule has 0 bridgehead atoms. The summed E-state index contributed by atoms with van der Waals surface area (Å²) in [4.78, 5) is 28.4. The highest BCUT2D eigenvalue weighted by atomic mass is 35.5. The first-order valence-electron chi connectivity index (χ1n) is 13.4. The van der Waals surface area contributed by atoms with E-state index in [1.807, 2.05) is 30.3 Å². The van der Waals surface area contributed by atoms with Crippen LogP contribution in [-0.2, 0) is 19.4 Å². The van der Waals surface area contributed by atoms with E-state index in [1.54, 1.807) is 30.0 Å². The molecule has 1 aliphatic heterocycles. The highest BCUT2D eigenvalue weighted by Crippen LogP contribution is 2.54. The quantitative estimate of drug-likeness (QED) is 0.264. The zero-order valence-corrected chi connectivity index (χ0v) is 25.4. The molecule has 1 amide bonds. The van der Waals surface area contributed by atoms with Gasteiger partial charge in [-0.3, -0.25) is 9.59 Å². The number of carbonyl (C=O) groups is 2. The first-order chi connectivity index (χ1) is 19.4. The van der Waals surface area contributed by atoms with Crippen LogP contribution in [0.3, 0.4) is 0 Å². The number of likely N-dealkylation sites (tertiary alicyclic amines) is 1. The standard InChI is InChI=1S/C31H30Cl3NO5S/c1-31(17-28(36)37)16-26(21-3-2-4-24(34)15-21)29(20-7-9-22(32)10-8-20)35(30(31)38)27(19-5-6-19)18-41(39,40)25-13-11-23(33)12-14-25/h2-4,7-15,19,26-27,29H,5-6,16-18H2,1H3,(H,36,37)/t26-,27-,29-,31-/m1/s1. The Bertz CT molecular complexity index is 1560. The van der Waals surface area contributed by atoms with Crippen LogP contribution in [0.4, 0.5) is 0 Å². The summed E-state index contributed by atoms with van der Waals surface area (Å²) in [6.45, 7) is 1.67. The normalized spacial score (nSPS) is 23.8. The highest BCUT2D eigenvalue weighted by molar-refractivity contribution is 7.91. The fourth-order valence-electron chi connectivity index (χ4n) is 6.13. The molecule has 2 aliphatic rings. The number of halogens is 3. The van der Waals surface area contributed by atoms with E-state index in [9.17, 15) is 23.1 Å². The zero-order valence-electron chi connectivity index (χ0n) is 22.3. The number of aliphatic carboxylic acids is 1. The van der Waals surface area contributed by atoms with Gasteiger partial charge in [0.05, 0.1) is 28.5 Å². The van der Waals surface area contributed by atoms with Crippen molar-refractivity contribution in [3.63, 3.8) is 0 Å². The summed E-state index contributed by atoms with van der Waals surface area (Å²) >= 11 is 18.6. The summed E-state index contributed by atoms with van der Waals surface area (Å²) in [7, 11) is -3.83. The molecule has 0 spiro atoms. The van der Waals surface area contributed by atoms with Crippen molar-refractivity contribution in [3.05, 3.63) is 99.0 Å². The molecule has 216 valence electrons. The average molecular weight is 635 g/mol. The fourth-order valence-corrected chi connectivity index (χ4v) is 8.21. The Hall–Kier alpha value is -2.58. The number of carboxylic acids is 1. The van der Waals surface area contributed by atoms with Crippen LogP contribution in [0.5, 0.6) is 0 Å². The number of carboxylic acid groups (broad SMARTS) is 1. The molecule has 2 fully saturated rings. The van der Waals surface area contributed by atoms with Crippen LogP contribution in [0.15, 0.2) is 77.7 Å². The van der Waals surface area contributed by atoms with Crippen LogP contribution in [0.2, 0.25) is 15.1 Å². The Morgan fingerprint density at radius 2 is 1.56 bits per heavy atom. The van der Waals surface area contributed by atoms with Crippen molar-refractivity contribution >= 4 is 56.5 Å². The lowest BCUT2D eigenvalue weighted by molar-refractivity contribution is -0.160. The molecule has 0 unspecified atom stereocenters. The molecule has 1 aliphatic carbocycles. The van der Waals surface area contributed by atoms with Gasteiger partial charge in [0.2, 0.25) is 5.91 Å². The number of carbonyl (C=O) groups excluding carboxylic acids is 1. The predicted octanol–water partition coefficient (Wildman–Crippen LogP) is 7.44. The van der Waals surface area contributed by atoms with Crippen LogP contribution in [0, 0.1) is 11.3 Å². The van der Waals surface area contributed by atoms with Crippen LogP contribution in [0.1, 0.15) is 55.7 Å². The smallest absolute Gasteiger partial charge is 0.304 e. The van der Waals surface area contributed by atoms with Crippen LogP contribution < -0.4 is 0 Å². The van der Waals surface area contributed by atoms with E-state index in [-0.39, 0.29) is 41.2 Å². The van der Waals surface area contributed by atoms with E-state index in [2.05, 4.69) is 0 Å². The maximum absolute atomic E-state index is 14.5. The molecule has 1 saturated carbocycles. The first-order valence-corrected chi connectivity index (χ1v) is 16.2. The number of hydrogen-bond acceptors (Lipinski definition) is 4. The van der Waals surface area contributed by atoms with Crippen LogP contribution >= 0.6 is 34.8 Å². The number of hydrogen-bond donors (Lipinski definition) is 1. The van der Waals surface area contributed by atoms with Gasteiger partial charge in [-0.25, -0.2) is 8.42 Å². The van der Waals surface area contributed by atoms with E-state index in [1.165, 1.54) is 24.3 Å². The van der Waals surface area contributed by atoms with E-state index < -0.39 is 33.3 Å². The molecular weight excluding hydrogens is 605 g/mol. The van der Waals surface area contributed by atoms with E-state index in [0.717, 1.165) is 24.0 Å². The largest absolute Gasteiger partial charge is 0.481 e. The summed E-state index contributed by atoms with van der Waals surface area (Å²) in [5, 5.41) is 11.3. The van der Waals surface area contributed by atoms with Gasteiger partial charge >= 0.3 is 5.97 Å². The minimum absolute atomic E-state index is 0.0389. The lowest BCUT2D eigenvalue weighted by Crippen LogP contribution is -2.58. The molecule has 1 heterocycles. The number of rotatable bonds is 9. The van der Waals surface area contributed by atoms with Gasteiger partial charge < -0.3 is 10.0 Å². The second-order valence-corrected chi connectivity index (χ2v) is 14.7. The van der Waals surface area contributed by atoms with Crippen molar-refractivity contribution in [2.75, 3.05) is 5.75 Å². The van der Waals surface area contributed by atoms with E-state index in [4.69, 9.17) is 34.8 Å². The SMILES string of the molecule is C[C@]1(CC(=O)O)C[C@H](c2cccc(Cl)c2)[C@@H](c2ccc(Cl)cc2)N([C@H](CS(=O)(=O)c2ccc(Cl)cc2)C2CC2)C1=O. The molecular formula is C31H30Cl3NO5S. The minimum atomic E-state index is -3.83. The number of amides is 1. The second-order valence-electron chi connectivity index (χ2n) is 11.3. The van der Waals surface area contributed by atoms with Crippen molar-refractivity contribution < 1.29 is 23.1 Å². The Labute approximate surface area is 255 Å². The van der Waals surface area contributed by atoms with Crippen molar-refractivity contribution in [3.8, 4) is 0 Å². The van der Waals surface area contributed by atoms with Gasteiger partial charge in [-0.05, 0) is 84.8 Å². The van der Waals surface area contributed by atoms with Crippen molar-refractivity contribution in [2.45, 2.75) is 55.5 Å². The Morgan fingerprint density at radius 3 is 2.12 bits per heavy atom. The van der Waals surface area contributed by atoms with Gasteiger partial charge in [-0.1, -0.05) is 66.0 Å². The van der Waals surface area contributed by atoms with E-state index in [0.29, 0.717) is 15.1 Å². The summed E-state index contributed by atoms with van der Waals surface area (Å²) in [6.07, 6.45) is 1.42. The summed E-state index contributed by atoms with van der Waals surface area (Å²) in [5.74, 6) is -2.13. The van der Waals surface area contributed by atoms with Crippen LogP contribution in [-0.4, -0.2) is 42.1 Å². The minimum Gasteiger partial charge on any atom is -0.481 e. The molecule has 6 nitrogen and oxygen atoms in total. The maximum atomic E-state index is 14.5. The topological polar surface area (TPSA) is 91.8 Å². The molecule has 5 rings (SSSR count). The summed E-state index contributed by atoms with van der Waals surface area (Å²) in [6, 6.07) is 19.3. The molecule has 41 heavy (non-hydrogen) atoms. The Morgan fingerprint density at radius 1 is 0.951 bits per heavy atom. The second kappa shape index (κ2) is 11.6. The zero-order chi connectivity index (χ0) is 29.5. The average Bonchev–Trinajstić information content (AvgIpc) is 3.75. The van der Waals surface area contributed by atoms with Gasteiger partial charge in [0.1, 0.15) is 0 Å². The highest BCUT2D eigenvalue weighted by Gasteiger charge is 2.55. The summed E-state index contributed by atoms with van der Waals surface area (Å²) in [5.41, 5.74) is 0.375. The molecule has 0 radical (unpaired) electrons. The number of nitrogens with zero attached hydrogens (tertiary/aromatic N) is 1. The summed E-state index contributed by atoms with van der Waals surface area (Å²) < 4.78 is 27.5.